The van der Waals surface area contributed by atoms with Crippen LogP contribution in [-0.2, 0) is 24.3 Å². The quantitative estimate of drug-likeness (QED) is 0.347. The molecule has 0 saturated carbocycles. The lowest BCUT2D eigenvalue weighted by atomic mass is 10.1. The Balaban J connectivity index is 1.44. The molecular formula is C30H30N4O2. The van der Waals surface area contributed by atoms with Crippen molar-refractivity contribution in [1.82, 2.24) is 19.4 Å². The predicted molar refractivity (Wildman–Crippen MR) is 144 cm³/mol. The number of aryl methyl sites for hydroxylation is 2. The van der Waals surface area contributed by atoms with E-state index in [1.807, 2.05) is 85.1 Å². The van der Waals surface area contributed by atoms with E-state index in [1.54, 1.807) is 10.9 Å². The van der Waals surface area contributed by atoms with Gasteiger partial charge in [-0.1, -0.05) is 72.3 Å². The summed E-state index contributed by atoms with van der Waals surface area (Å²) in [5.41, 5.74) is 5.13. The molecule has 0 aliphatic rings. The fourth-order valence-electron chi connectivity index (χ4n) is 4.74. The summed E-state index contributed by atoms with van der Waals surface area (Å²) in [6.45, 7) is 4.52. The number of hydrogen-bond acceptors (Lipinski definition) is 3. The van der Waals surface area contributed by atoms with Crippen molar-refractivity contribution in [2.24, 2.45) is 0 Å². The summed E-state index contributed by atoms with van der Waals surface area (Å²) in [7, 11) is 0. The van der Waals surface area contributed by atoms with E-state index >= 15 is 0 Å². The maximum Gasteiger partial charge on any atom is 0.278 e. The second-order valence-electron chi connectivity index (χ2n) is 9.46. The van der Waals surface area contributed by atoms with Crippen molar-refractivity contribution in [2.75, 3.05) is 0 Å². The van der Waals surface area contributed by atoms with Crippen LogP contribution in [0, 0.1) is 6.92 Å². The lowest BCUT2D eigenvalue weighted by Crippen LogP contribution is -2.36. The van der Waals surface area contributed by atoms with Crippen molar-refractivity contribution >= 4 is 27.8 Å². The van der Waals surface area contributed by atoms with Crippen LogP contribution in [0.25, 0.3) is 21.9 Å². The molecule has 0 aliphatic carbocycles. The van der Waals surface area contributed by atoms with Gasteiger partial charge in [0.15, 0.2) is 0 Å². The zero-order valence-electron chi connectivity index (χ0n) is 20.6. The largest absolute Gasteiger partial charge is 0.352 e. The van der Waals surface area contributed by atoms with Gasteiger partial charge in [0.25, 0.3) is 5.56 Å². The number of rotatable bonds is 8. The summed E-state index contributed by atoms with van der Waals surface area (Å²) in [5, 5.41) is 4.00. The fourth-order valence-corrected chi connectivity index (χ4v) is 4.74. The van der Waals surface area contributed by atoms with Gasteiger partial charge in [-0.3, -0.25) is 14.2 Å². The van der Waals surface area contributed by atoms with Crippen LogP contribution in [0.2, 0.25) is 0 Å². The highest BCUT2D eigenvalue weighted by Crippen LogP contribution is 2.26. The third kappa shape index (κ3) is 4.93. The zero-order chi connectivity index (χ0) is 25.1. The molecule has 5 aromatic rings. The number of aromatic nitrogens is 3. The van der Waals surface area contributed by atoms with Gasteiger partial charge in [-0.25, -0.2) is 4.98 Å². The number of amides is 1. The molecule has 1 unspecified atom stereocenters. The SMILES string of the molecule is Cc1ccc2c(c1)c1ncn(Cc3ccccc3)c(=O)c1n2CC(=O)NC(C)CCc1ccccc1. The van der Waals surface area contributed by atoms with Crippen LogP contribution < -0.4 is 10.9 Å². The Morgan fingerprint density at radius 1 is 0.972 bits per heavy atom. The molecule has 1 N–H and O–H groups in total. The van der Waals surface area contributed by atoms with Gasteiger partial charge in [-0.05, 0) is 49.9 Å². The van der Waals surface area contributed by atoms with Crippen molar-refractivity contribution in [1.29, 1.82) is 0 Å². The maximum absolute atomic E-state index is 13.6. The molecule has 2 heterocycles. The molecule has 3 aromatic carbocycles. The number of fused-ring (bicyclic) bond motifs is 3. The second kappa shape index (κ2) is 10.2. The van der Waals surface area contributed by atoms with Crippen LogP contribution in [0.1, 0.15) is 30.0 Å². The zero-order valence-corrected chi connectivity index (χ0v) is 20.6. The Hall–Kier alpha value is -4.19. The third-order valence-corrected chi connectivity index (χ3v) is 6.60. The topological polar surface area (TPSA) is 68.9 Å². The van der Waals surface area contributed by atoms with Gasteiger partial charge in [-0.15, -0.1) is 0 Å². The van der Waals surface area contributed by atoms with Crippen LogP contribution in [0.5, 0.6) is 0 Å². The van der Waals surface area contributed by atoms with Gasteiger partial charge in [0, 0.05) is 11.4 Å². The van der Waals surface area contributed by atoms with E-state index in [-0.39, 0.29) is 24.1 Å². The highest BCUT2D eigenvalue weighted by atomic mass is 16.2. The van der Waals surface area contributed by atoms with E-state index in [0.717, 1.165) is 34.9 Å². The first-order valence-corrected chi connectivity index (χ1v) is 12.3. The van der Waals surface area contributed by atoms with Crippen LogP contribution in [0.15, 0.2) is 90.0 Å². The van der Waals surface area contributed by atoms with E-state index in [4.69, 9.17) is 0 Å². The van der Waals surface area contributed by atoms with E-state index in [0.29, 0.717) is 17.6 Å². The number of carbonyl (C=O) groups excluding carboxylic acids is 1. The van der Waals surface area contributed by atoms with Gasteiger partial charge in [0.05, 0.1) is 18.4 Å². The Labute approximate surface area is 210 Å². The van der Waals surface area contributed by atoms with Crippen LogP contribution in [-0.4, -0.2) is 26.1 Å². The molecule has 0 radical (unpaired) electrons. The Kier molecular flexibility index (Phi) is 6.67. The third-order valence-electron chi connectivity index (χ3n) is 6.60. The van der Waals surface area contributed by atoms with Crippen LogP contribution in [0.4, 0.5) is 0 Å². The predicted octanol–water partition coefficient (Wildman–Crippen LogP) is 4.85. The summed E-state index contributed by atoms with van der Waals surface area (Å²) in [5.74, 6) is -0.118. The molecule has 0 bridgehead atoms. The van der Waals surface area contributed by atoms with Gasteiger partial charge in [-0.2, -0.15) is 0 Å². The molecule has 2 aromatic heterocycles. The Morgan fingerprint density at radius 2 is 1.67 bits per heavy atom. The summed E-state index contributed by atoms with van der Waals surface area (Å²) < 4.78 is 3.43. The lowest BCUT2D eigenvalue weighted by Gasteiger charge is -2.15. The molecular weight excluding hydrogens is 448 g/mol. The second-order valence-corrected chi connectivity index (χ2v) is 9.46. The smallest absolute Gasteiger partial charge is 0.278 e. The highest BCUT2D eigenvalue weighted by Gasteiger charge is 2.19. The monoisotopic (exact) mass is 478 g/mol. The average Bonchev–Trinajstić information content (AvgIpc) is 3.18. The molecule has 182 valence electrons. The minimum absolute atomic E-state index is 0.0147. The minimum Gasteiger partial charge on any atom is -0.352 e. The molecule has 1 atom stereocenters. The van der Waals surface area contributed by atoms with Crippen LogP contribution in [0.3, 0.4) is 0 Å². The van der Waals surface area contributed by atoms with Crippen molar-refractivity contribution < 1.29 is 4.79 Å². The lowest BCUT2D eigenvalue weighted by molar-refractivity contribution is -0.122. The van der Waals surface area contributed by atoms with Gasteiger partial charge < -0.3 is 9.88 Å². The Morgan fingerprint density at radius 3 is 2.39 bits per heavy atom. The van der Waals surface area contributed by atoms with E-state index in [2.05, 4.69) is 22.4 Å². The number of benzene rings is 3. The van der Waals surface area contributed by atoms with Gasteiger partial charge in [0.2, 0.25) is 5.91 Å². The summed E-state index contributed by atoms with van der Waals surface area (Å²) >= 11 is 0. The van der Waals surface area contributed by atoms with Gasteiger partial charge >= 0.3 is 0 Å². The molecule has 0 aliphatic heterocycles. The van der Waals surface area contributed by atoms with Crippen molar-refractivity contribution in [3.8, 4) is 0 Å². The first kappa shape index (κ1) is 23.5. The maximum atomic E-state index is 13.6. The van der Waals surface area contributed by atoms with Crippen LogP contribution >= 0.6 is 0 Å². The molecule has 0 fully saturated rings. The number of nitrogens with one attached hydrogen (secondary N) is 1. The average molecular weight is 479 g/mol. The van der Waals surface area contributed by atoms with E-state index in [9.17, 15) is 9.59 Å². The van der Waals surface area contributed by atoms with Crippen molar-refractivity contribution in [3.63, 3.8) is 0 Å². The van der Waals surface area contributed by atoms with Crippen molar-refractivity contribution in [3.05, 3.63) is 112 Å². The summed E-state index contributed by atoms with van der Waals surface area (Å²) in [6, 6.07) is 26.1. The Bertz CT molecular complexity index is 1570. The molecule has 0 spiro atoms. The first-order chi connectivity index (χ1) is 17.5. The molecule has 1 amide bonds. The van der Waals surface area contributed by atoms with Crippen molar-refractivity contribution in [2.45, 2.75) is 45.8 Å². The summed E-state index contributed by atoms with van der Waals surface area (Å²) in [6.07, 6.45) is 3.34. The molecule has 0 saturated heterocycles. The normalized spacial score (nSPS) is 12.2. The highest BCUT2D eigenvalue weighted by molar-refractivity contribution is 6.06. The van der Waals surface area contributed by atoms with E-state index in [1.165, 1.54) is 5.56 Å². The molecule has 36 heavy (non-hydrogen) atoms. The van der Waals surface area contributed by atoms with E-state index < -0.39 is 0 Å². The number of hydrogen-bond donors (Lipinski definition) is 1. The number of carbonyl (C=O) groups is 1. The number of nitrogens with zero attached hydrogens (tertiary/aromatic N) is 3. The molecule has 6 nitrogen and oxygen atoms in total. The molecule has 6 heteroatoms. The summed E-state index contributed by atoms with van der Waals surface area (Å²) in [4.78, 5) is 31.4. The first-order valence-electron chi connectivity index (χ1n) is 12.3. The van der Waals surface area contributed by atoms with Gasteiger partial charge in [0.1, 0.15) is 17.6 Å². The molecule has 5 rings (SSSR count). The fraction of sp³-hybridized carbons (Fsp3) is 0.233. The standard InChI is InChI=1S/C30H30N4O2/c1-21-13-16-26-25(17-21)28-29(30(36)33(20-31-28)18-24-11-7-4-8-12-24)34(26)19-27(35)32-22(2)14-15-23-9-5-3-6-10-23/h3-13,16-17,20,22H,14-15,18-19H2,1-2H3,(H,32,35). The minimum atomic E-state index is -0.150.